The van der Waals surface area contributed by atoms with Gasteiger partial charge in [0.2, 0.25) is 0 Å². The van der Waals surface area contributed by atoms with Crippen LogP contribution in [0.4, 0.5) is 0 Å². The Hall–Kier alpha value is -2.45. The predicted molar refractivity (Wildman–Crippen MR) is 94.0 cm³/mol. The van der Waals surface area contributed by atoms with E-state index in [1.165, 1.54) is 4.90 Å². The Balaban J connectivity index is 1.76. The Kier molecular flexibility index (Phi) is 5.30. The molecule has 2 N–H and O–H groups in total. The van der Waals surface area contributed by atoms with Crippen LogP contribution in [0.2, 0.25) is 0 Å². The average Bonchev–Trinajstić information content (AvgIpc) is 3.18. The molecule has 0 radical (unpaired) electrons. The second-order valence-corrected chi connectivity index (χ2v) is 6.15. The van der Waals surface area contributed by atoms with Crippen molar-refractivity contribution in [2.75, 3.05) is 19.8 Å². The number of hydrogen-bond acceptors (Lipinski definition) is 5. The van der Waals surface area contributed by atoms with Gasteiger partial charge < -0.3 is 19.9 Å². The average molecular weight is 362 g/mol. The highest BCUT2D eigenvalue weighted by molar-refractivity contribution is 7.80. The molecule has 2 saturated heterocycles. The number of para-hydroxylation sites is 1. The molecular weight excluding hydrogens is 344 g/mol. The highest BCUT2D eigenvalue weighted by atomic mass is 32.1. The molecule has 25 heavy (non-hydrogen) atoms. The zero-order chi connectivity index (χ0) is 17.8. The zero-order valence-corrected chi connectivity index (χ0v) is 14.3. The molecule has 2 heterocycles. The smallest absolute Gasteiger partial charge is 0.341 e. The third-order valence-corrected chi connectivity index (χ3v) is 4.26. The number of amides is 1. The number of thiocarbonyl (C=S) groups is 1. The van der Waals surface area contributed by atoms with Gasteiger partial charge in [-0.05, 0) is 37.2 Å². The molecular formula is C17H18N2O5S. The standard InChI is InChI=1S/C17H18N2O5S/c20-15(21)10-24-14-6-2-1-4-11(14)8-13-16(22)19(17(25)18-13)9-12-5-3-7-23-12/h1-2,4,6,8,12H,3,5,7,9-10H2,(H,18,25)(H,20,21). The summed E-state index contributed by atoms with van der Waals surface area (Å²) in [4.78, 5) is 24.8. The molecule has 3 rings (SSSR count). The molecule has 0 saturated carbocycles. The zero-order valence-electron chi connectivity index (χ0n) is 13.4. The van der Waals surface area contributed by atoms with Gasteiger partial charge in [-0.15, -0.1) is 0 Å². The number of carbonyl (C=O) groups excluding carboxylic acids is 1. The van der Waals surface area contributed by atoms with Crippen molar-refractivity contribution >= 4 is 35.3 Å². The summed E-state index contributed by atoms with van der Waals surface area (Å²) in [5.74, 6) is -0.912. The van der Waals surface area contributed by atoms with Gasteiger partial charge in [-0.1, -0.05) is 18.2 Å². The van der Waals surface area contributed by atoms with Crippen molar-refractivity contribution in [1.82, 2.24) is 10.2 Å². The molecule has 132 valence electrons. The van der Waals surface area contributed by atoms with Crippen LogP contribution in [0, 0.1) is 0 Å². The monoisotopic (exact) mass is 362 g/mol. The lowest BCUT2D eigenvalue weighted by atomic mass is 10.1. The number of aliphatic carboxylic acids is 1. The molecule has 1 aromatic carbocycles. The van der Waals surface area contributed by atoms with Crippen molar-refractivity contribution < 1.29 is 24.2 Å². The fraction of sp³-hybridized carbons (Fsp3) is 0.353. The Morgan fingerprint density at radius 2 is 2.28 bits per heavy atom. The van der Waals surface area contributed by atoms with E-state index in [1.807, 2.05) is 0 Å². The summed E-state index contributed by atoms with van der Waals surface area (Å²) in [7, 11) is 0. The van der Waals surface area contributed by atoms with Crippen LogP contribution in [-0.2, 0) is 14.3 Å². The Morgan fingerprint density at radius 1 is 1.48 bits per heavy atom. The van der Waals surface area contributed by atoms with Crippen molar-refractivity contribution in [3.63, 3.8) is 0 Å². The molecule has 1 aromatic rings. The Bertz CT molecular complexity index is 728. The van der Waals surface area contributed by atoms with Crippen molar-refractivity contribution in [2.24, 2.45) is 0 Å². The van der Waals surface area contributed by atoms with Crippen LogP contribution in [0.15, 0.2) is 30.0 Å². The molecule has 2 aliphatic heterocycles. The van der Waals surface area contributed by atoms with Gasteiger partial charge in [-0.3, -0.25) is 9.69 Å². The Morgan fingerprint density at radius 3 is 3.00 bits per heavy atom. The summed E-state index contributed by atoms with van der Waals surface area (Å²) in [5.41, 5.74) is 0.927. The lowest BCUT2D eigenvalue weighted by molar-refractivity contribution is -0.139. The van der Waals surface area contributed by atoms with Crippen LogP contribution in [0.1, 0.15) is 18.4 Å². The molecule has 8 heteroatoms. The van der Waals surface area contributed by atoms with Gasteiger partial charge in [0.15, 0.2) is 11.7 Å². The largest absolute Gasteiger partial charge is 0.481 e. The molecule has 0 aliphatic carbocycles. The fourth-order valence-corrected chi connectivity index (χ4v) is 3.02. The van der Waals surface area contributed by atoms with E-state index in [4.69, 9.17) is 26.8 Å². The number of carboxylic acids is 1. The third-order valence-electron chi connectivity index (χ3n) is 3.94. The molecule has 0 spiro atoms. The van der Waals surface area contributed by atoms with Crippen molar-refractivity contribution in [1.29, 1.82) is 0 Å². The van der Waals surface area contributed by atoms with Gasteiger partial charge in [0.1, 0.15) is 11.4 Å². The van der Waals surface area contributed by atoms with E-state index >= 15 is 0 Å². The maximum atomic E-state index is 12.6. The fourth-order valence-electron chi connectivity index (χ4n) is 2.76. The maximum absolute atomic E-state index is 12.6. The van der Waals surface area contributed by atoms with Crippen LogP contribution in [0.25, 0.3) is 6.08 Å². The van der Waals surface area contributed by atoms with Gasteiger partial charge in [0.25, 0.3) is 5.91 Å². The lowest BCUT2D eigenvalue weighted by Crippen LogP contribution is -2.37. The third kappa shape index (κ3) is 4.15. The lowest BCUT2D eigenvalue weighted by Gasteiger charge is -2.18. The van der Waals surface area contributed by atoms with Gasteiger partial charge in [0, 0.05) is 12.2 Å². The number of carboxylic acid groups (broad SMARTS) is 1. The van der Waals surface area contributed by atoms with E-state index in [9.17, 15) is 9.59 Å². The highest BCUT2D eigenvalue weighted by Crippen LogP contribution is 2.23. The minimum absolute atomic E-state index is 0.00855. The second kappa shape index (κ2) is 7.62. The topological polar surface area (TPSA) is 88.1 Å². The minimum Gasteiger partial charge on any atom is -0.481 e. The summed E-state index contributed by atoms with van der Waals surface area (Å²) in [5, 5.41) is 12.0. The van der Waals surface area contributed by atoms with E-state index < -0.39 is 12.6 Å². The number of benzene rings is 1. The normalized spacial score (nSPS) is 21.7. The highest BCUT2D eigenvalue weighted by Gasteiger charge is 2.33. The number of rotatable bonds is 6. The summed E-state index contributed by atoms with van der Waals surface area (Å²) in [6, 6.07) is 6.90. The van der Waals surface area contributed by atoms with Crippen LogP contribution in [-0.4, -0.2) is 52.9 Å². The van der Waals surface area contributed by atoms with Crippen LogP contribution in [0.3, 0.4) is 0 Å². The van der Waals surface area contributed by atoms with E-state index in [-0.39, 0.29) is 12.0 Å². The van der Waals surface area contributed by atoms with Gasteiger partial charge in [0.05, 0.1) is 12.6 Å². The number of nitrogens with one attached hydrogen (secondary N) is 1. The first kappa shape index (κ1) is 17.4. The first-order valence-electron chi connectivity index (χ1n) is 7.94. The summed E-state index contributed by atoms with van der Waals surface area (Å²) in [6.07, 6.45) is 3.52. The number of hydrogen-bond donors (Lipinski definition) is 2. The van der Waals surface area contributed by atoms with Crippen molar-refractivity contribution in [3.05, 3.63) is 35.5 Å². The molecule has 2 fully saturated rings. The van der Waals surface area contributed by atoms with Gasteiger partial charge in [-0.2, -0.15) is 0 Å². The van der Waals surface area contributed by atoms with Gasteiger partial charge in [-0.25, -0.2) is 4.79 Å². The van der Waals surface area contributed by atoms with Crippen LogP contribution < -0.4 is 10.1 Å². The summed E-state index contributed by atoms with van der Waals surface area (Å²) < 4.78 is 10.8. The van der Waals surface area contributed by atoms with Crippen molar-refractivity contribution in [2.45, 2.75) is 18.9 Å². The van der Waals surface area contributed by atoms with E-state index in [0.717, 1.165) is 12.8 Å². The Labute approximate surface area is 150 Å². The number of carbonyl (C=O) groups is 2. The maximum Gasteiger partial charge on any atom is 0.341 e. The SMILES string of the molecule is O=C(O)COc1ccccc1C=C1NC(=S)N(CC2CCCO2)C1=O. The molecule has 0 aromatic heterocycles. The number of nitrogens with zero attached hydrogens (tertiary/aromatic N) is 1. The molecule has 0 bridgehead atoms. The summed E-state index contributed by atoms with van der Waals surface area (Å²) >= 11 is 5.25. The molecule has 1 atom stereocenters. The van der Waals surface area contributed by atoms with Crippen LogP contribution >= 0.6 is 12.2 Å². The first-order chi connectivity index (χ1) is 12.0. The van der Waals surface area contributed by atoms with Crippen LogP contribution in [0.5, 0.6) is 5.75 Å². The van der Waals surface area contributed by atoms with E-state index in [0.29, 0.717) is 35.3 Å². The van der Waals surface area contributed by atoms with E-state index in [1.54, 1.807) is 30.3 Å². The predicted octanol–water partition coefficient (Wildman–Crippen LogP) is 1.39. The minimum atomic E-state index is -1.07. The first-order valence-corrected chi connectivity index (χ1v) is 8.35. The molecule has 2 aliphatic rings. The molecule has 1 amide bonds. The van der Waals surface area contributed by atoms with Gasteiger partial charge >= 0.3 is 5.97 Å². The molecule has 1 unspecified atom stereocenters. The van der Waals surface area contributed by atoms with E-state index in [2.05, 4.69) is 5.32 Å². The molecule has 7 nitrogen and oxygen atoms in total. The quantitative estimate of drug-likeness (QED) is 0.584. The summed E-state index contributed by atoms with van der Waals surface area (Å²) in [6.45, 7) is 0.689. The second-order valence-electron chi connectivity index (χ2n) is 5.76. The van der Waals surface area contributed by atoms with Crippen molar-refractivity contribution in [3.8, 4) is 5.75 Å². The number of ether oxygens (including phenoxy) is 2.